The number of hydrogen-bond donors (Lipinski definition) is 3. The Bertz CT molecular complexity index is 834. The second-order valence-corrected chi connectivity index (χ2v) is 7.50. The van der Waals surface area contributed by atoms with Crippen LogP contribution in [-0.2, 0) is 13.1 Å². The summed E-state index contributed by atoms with van der Waals surface area (Å²) in [7, 11) is 0. The third-order valence-electron chi connectivity index (χ3n) is 3.73. The fraction of sp³-hybridized carbons (Fsp3) is 0.429. The highest BCUT2D eigenvalue weighted by Crippen LogP contribution is 2.25. The summed E-state index contributed by atoms with van der Waals surface area (Å²) in [5, 5.41) is 6.39. The largest absolute Gasteiger partial charge is 0.488 e. The number of benzene rings is 1. The first-order valence-electron chi connectivity index (χ1n) is 9.37. The molecule has 0 fully saturated rings. The molecule has 0 saturated heterocycles. The maximum absolute atomic E-state index is 11.1. The smallest absolute Gasteiger partial charge is 0.284 e. The molecule has 28 heavy (non-hydrogen) atoms. The van der Waals surface area contributed by atoms with Gasteiger partial charge in [-0.3, -0.25) is 4.79 Å². The van der Waals surface area contributed by atoms with Crippen molar-refractivity contribution in [2.75, 3.05) is 6.54 Å². The summed E-state index contributed by atoms with van der Waals surface area (Å²) in [6, 6.07) is 9.40. The summed E-state index contributed by atoms with van der Waals surface area (Å²) in [4.78, 5) is 15.8. The molecule has 7 nitrogen and oxygen atoms in total. The van der Waals surface area contributed by atoms with Crippen molar-refractivity contribution in [2.24, 2.45) is 10.7 Å². The van der Waals surface area contributed by atoms with Crippen LogP contribution in [0.25, 0.3) is 0 Å². The van der Waals surface area contributed by atoms with E-state index in [-0.39, 0.29) is 11.4 Å². The predicted octanol–water partition coefficient (Wildman–Crippen LogP) is 3.12. The summed E-state index contributed by atoms with van der Waals surface area (Å²) in [5.74, 6) is 1.64. The van der Waals surface area contributed by atoms with Crippen LogP contribution >= 0.6 is 0 Å². The number of primary amides is 1. The first-order valence-corrected chi connectivity index (χ1v) is 9.37. The van der Waals surface area contributed by atoms with E-state index in [1.165, 1.54) is 0 Å². The highest BCUT2D eigenvalue weighted by Gasteiger charge is 2.15. The van der Waals surface area contributed by atoms with Crippen molar-refractivity contribution in [3.8, 4) is 5.75 Å². The number of guanidine groups is 1. The third-order valence-corrected chi connectivity index (χ3v) is 3.73. The van der Waals surface area contributed by atoms with Crippen molar-refractivity contribution in [3.05, 3.63) is 53.0 Å². The zero-order valence-electron chi connectivity index (χ0n) is 17.3. The molecule has 0 radical (unpaired) electrons. The Labute approximate surface area is 166 Å². The molecule has 1 aromatic carbocycles. The zero-order valence-corrected chi connectivity index (χ0v) is 17.3. The highest BCUT2D eigenvalue weighted by molar-refractivity contribution is 5.89. The van der Waals surface area contributed by atoms with Gasteiger partial charge < -0.3 is 25.5 Å². The van der Waals surface area contributed by atoms with Gasteiger partial charge in [-0.05, 0) is 58.4 Å². The van der Waals surface area contributed by atoms with Crippen molar-refractivity contribution in [1.29, 1.82) is 0 Å². The zero-order chi connectivity index (χ0) is 20.7. The van der Waals surface area contributed by atoms with Crippen molar-refractivity contribution < 1.29 is 13.9 Å². The number of aliphatic imine (C=N–C) groups is 1. The molecule has 0 aliphatic rings. The number of nitrogens with zero attached hydrogens (tertiary/aromatic N) is 1. The van der Waals surface area contributed by atoms with Gasteiger partial charge in [-0.25, -0.2) is 4.99 Å². The number of nitrogens with two attached hydrogens (primary N) is 1. The molecule has 1 amide bonds. The number of ether oxygens (including phenoxy) is 1. The van der Waals surface area contributed by atoms with Crippen molar-refractivity contribution in [2.45, 2.75) is 53.3 Å². The van der Waals surface area contributed by atoms with E-state index in [1.54, 1.807) is 12.1 Å². The van der Waals surface area contributed by atoms with E-state index in [9.17, 15) is 4.79 Å². The lowest BCUT2D eigenvalue weighted by Gasteiger charge is -2.23. The van der Waals surface area contributed by atoms with E-state index < -0.39 is 5.91 Å². The molecule has 0 spiro atoms. The van der Waals surface area contributed by atoms with Crippen LogP contribution < -0.4 is 21.1 Å². The Morgan fingerprint density at radius 3 is 2.57 bits per heavy atom. The lowest BCUT2D eigenvalue weighted by atomic mass is 10.1. The van der Waals surface area contributed by atoms with Gasteiger partial charge in [-0.2, -0.15) is 0 Å². The van der Waals surface area contributed by atoms with E-state index in [2.05, 4.69) is 21.7 Å². The molecule has 0 bridgehead atoms. The quantitative estimate of drug-likeness (QED) is 0.501. The van der Waals surface area contributed by atoms with E-state index >= 15 is 0 Å². The van der Waals surface area contributed by atoms with E-state index in [4.69, 9.17) is 14.9 Å². The van der Waals surface area contributed by atoms with E-state index in [1.807, 2.05) is 46.8 Å². The summed E-state index contributed by atoms with van der Waals surface area (Å²) in [6.07, 6.45) is 0. The van der Waals surface area contributed by atoms with Gasteiger partial charge in [-0.1, -0.05) is 12.1 Å². The predicted molar refractivity (Wildman–Crippen MR) is 110 cm³/mol. The molecule has 0 unspecified atom stereocenters. The van der Waals surface area contributed by atoms with Gasteiger partial charge in [0.2, 0.25) is 0 Å². The number of aryl methyl sites for hydroxylation is 1. The van der Waals surface area contributed by atoms with Crippen LogP contribution in [0.2, 0.25) is 0 Å². The Morgan fingerprint density at radius 2 is 1.96 bits per heavy atom. The molecule has 0 saturated carbocycles. The Balaban J connectivity index is 2.10. The average molecular weight is 386 g/mol. The number of carbonyl (C=O) groups is 1. The lowest BCUT2D eigenvalue weighted by Crippen LogP contribution is -2.36. The number of nitrogens with one attached hydrogen (secondary N) is 2. The first-order chi connectivity index (χ1) is 13.2. The molecule has 0 atom stereocenters. The van der Waals surface area contributed by atoms with Crippen LogP contribution in [0.15, 0.2) is 39.7 Å². The number of carbonyl (C=O) groups excluding carboxylic acids is 1. The number of furan rings is 1. The van der Waals surface area contributed by atoms with Crippen LogP contribution in [0.1, 0.15) is 55.1 Å². The third kappa shape index (κ3) is 6.64. The molecule has 2 rings (SSSR count). The Kier molecular flexibility index (Phi) is 7.09. The van der Waals surface area contributed by atoms with Gasteiger partial charge >= 0.3 is 0 Å². The Morgan fingerprint density at radius 1 is 1.21 bits per heavy atom. The van der Waals surface area contributed by atoms with Crippen LogP contribution in [0.4, 0.5) is 0 Å². The molecule has 1 heterocycles. The SMILES string of the molecule is CCNC(=NCc1ccc(C)cc1OC(C)(C)C)NCc1ccc(C(N)=O)o1. The fourth-order valence-corrected chi connectivity index (χ4v) is 2.50. The summed E-state index contributed by atoms with van der Waals surface area (Å²) in [6.45, 7) is 11.7. The summed E-state index contributed by atoms with van der Waals surface area (Å²) < 4.78 is 11.5. The minimum Gasteiger partial charge on any atom is -0.488 e. The lowest BCUT2D eigenvalue weighted by molar-refractivity contribution is 0.0972. The molecule has 152 valence electrons. The van der Waals surface area contributed by atoms with Crippen molar-refractivity contribution in [1.82, 2.24) is 10.6 Å². The molecule has 0 aliphatic carbocycles. The van der Waals surface area contributed by atoms with Crippen LogP contribution in [-0.4, -0.2) is 24.0 Å². The molecule has 7 heteroatoms. The molecule has 1 aromatic heterocycles. The van der Waals surface area contributed by atoms with Gasteiger partial charge in [-0.15, -0.1) is 0 Å². The summed E-state index contributed by atoms with van der Waals surface area (Å²) >= 11 is 0. The van der Waals surface area contributed by atoms with Crippen LogP contribution in [0, 0.1) is 6.92 Å². The summed E-state index contributed by atoms with van der Waals surface area (Å²) in [5.41, 5.74) is 7.07. The molecule has 4 N–H and O–H groups in total. The van der Waals surface area contributed by atoms with E-state index in [0.717, 1.165) is 23.4 Å². The van der Waals surface area contributed by atoms with Crippen LogP contribution in [0.3, 0.4) is 0 Å². The van der Waals surface area contributed by atoms with Gasteiger partial charge in [0, 0.05) is 12.1 Å². The highest BCUT2D eigenvalue weighted by atomic mass is 16.5. The molecular weight excluding hydrogens is 356 g/mol. The number of amides is 1. The Hall–Kier alpha value is -2.96. The molecular formula is C21H30N4O3. The van der Waals surface area contributed by atoms with Gasteiger partial charge in [0.05, 0.1) is 13.1 Å². The second kappa shape index (κ2) is 9.30. The fourth-order valence-electron chi connectivity index (χ4n) is 2.50. The minimum atomic E-state index is -0.586. The van der Waals surface area contributed by atoms with Crippen molar-refractivity contribution in [3.63, 3.8) is 0 Å². The first kappa shape index (κ1) is 21.3. The van der Waals surface area contributed by atoms with Gasteiger partial charge in [0.25, 0.3) is 5.91 Å². The normalized spacial score (nSPS) is 12.0. The molecule has 0 aliphatic heterocycles. The topological polar surface area (TPSA) is 102 Å². The monoisotopic (exact) mass is 386 g/mol. The molecule has 2 aromatic rings. The van der Waals surface area contributed by atoms with Crippen molar-refractivity contribution >= 4 is 11.9 Å². The standard InChI is InChI=1S/C21H30N4O3/c1-6-23-20(25-13-16-9-10-17(27-16)19(22)26)24-12-15-8-7-14(2)11-18(15)28-21(3,4)5/h7-11H,6,12-13H2,1-5H3,(H2,22,26)(H2,23,24,25). The van der Waals surface area contributed by atoms with E-state index in [0.29, 0.717) is 24.8 Å². The average Bonchev–Trinajstić information content (AvgIpc) is 3.06. The van der Waals surface area contributed by atoms with Gasteiger partial charge in [0.15, 0.2) is 11.7 Å². The van der Waals surface area contributed by atoms with Crippen LogP contribution in [0.5, 0.6) is 5.75 Å². The maximum atomic E-state index is 11.1. The second-order valence-electron chi connectivity index (χ2n) is 7.50. The maximum Gasteiger partial charge on any atom is 0.284 e. The van der Waals surface area contributed by atoms with Gasteiger partial charge in [0.1, 0.15) is 17.1 Å². The number of rotatable bonds is 7. The number of hydrogen-bond acceptors (Lipinski definition) is 4. The minimum absolute atomic E-state index is 0.141.